The second kappa shape index (κ2) is 7.56. The van der Waals surface area contributed by atoms with E-state index in [4.69, 9.17) is 9.47 Å². The first-order chi connectivity index (χ1) is 12.7. The van der Waals surface area contributed by atoms with Crippen LogP contribution in [0.2, 0.25) is 0 Å². The summed E-state index contributed by atoms with van der Waals surface area (Å²) in [5.74, 6) is 0.0936. The molecule has 2 aromatic rings. The number of likely N-dealkylation sites (N-methyl/N-ethyl adjacent to an activating group) is 1. The van der Waals surface area contributed by atoms with E-state index in [0.717, 1.165) is 24.0 Å². The molecule has 1 aromatic heterocycles. The summed E-state index contributed by atoms with van der Waals surface area (Å²) in [5, 5.41) is 0. The van der Waals surface area contributed by atoms with Crippen LogP contribution in [0.3, 0.4) is 0 Å². The van der Waals surface area contributed by atoms with Gasteiger partial charge in [-0.1, -0.05) is 30.3 Å². The van der Waals surface area contributed by atoms with Crippen molar-refractivity contribution in [2.24, 2.45) is 0 Å². The summed E-state index contributed by atoms with van der Waals surface area (Å²) in [4.78, 5) is 19.0. The van der Waals surface area contributed by atoms with Gasteiger partial charge in [0.05, 0.1) is 25.2 Å². The Labute approximate surface area is 153 Å². The van der Waals surface area contributed by atoms with Gasteiger partial charge in [0.2, 0.25) is 5.91 Å². The fraction of sp³-hybridized carbons (Fsp3) is 0.429. The van der Waals surface area contributed by atoms with Gasteiger partial charge in [-0.2, -0.15) is 0 Å². The number of fused-ring (bicyclic) bond motifs is 1. The van der Waals surface area contributed by atoms with Crippen LogP contribution in [-0.2, 0) is 20.7 Å². The maximum atomic E-state index is 13.0. The smallest absolute Gasteiger partial charge is 0.225 e. The molecule has 26 heavy (non-hydrogen) atoms. The molecular weight excluding hydrogens is 328 g/mol. The highest BCUT2D eigenvalue weighted by atomic mass is 16.5. The average molecular weight is 352 g/mol. The van der Waals surface area contributed by atoms with Crippen LogP contribution < -0.4 is 0 Å². The van der Waals surface area contributed by atoms with Crippen LogP contribution in [0.4, 0.5) is 0 Å². The van der Waals surface area contributed by atoms with Crippen LogP contribution >= 0.6 is 0 Å². The zero-order valence-corrected chi connectivity index (χ0v) is 15.0. The van der Waals surface area contributed by atoms with Crippen molar-refractivity contribution in [2.45, 2.75) is 37.5 Å². The first-order valence-electron chi connectivity index (χ1n) is 9.20. The Hall–Kier alpha value is -2.24. The Balaban J connectivity index is 1.47. The molecule has 0 radical (unpaired) electrons. The highest BCUT2D eigenvalue weighted by Gasteiger charge is 2.36. The monoisotopic (exact) mass is 352 g/mol. The second-order valence-electron chi connectivity index (χ2n) is 6.95. The fourth-order valence-corrected chi connectivity index (χ4v) is 3.97. The number of nitrogens with zero attached hydrogens (tertiary/aromatic N) is 2. The fourth-order valence-electron chi connectivity index (χ4n) is 3.97. The first-order valence-corrected chi connectivity index (χ1v) is 9.20. The van der Waals surface area contributed by atoms with E-state index in [1.165, 1.54) is 5.56 Å². The minimum absolute atomic E-state index is 0.0329. The Bertz CT molecular complexity index is 765. The van der Waals surface area contributed by atoms with Crippen LogP contribution in [0.5, 0.6) is 0 Å². The quantitative estimate of drug-likeness (QED) is 0.849. The van der Waals surface area contributed by atoms with E-state index < -0.39 is 0 Å². The predicted molar refractivity (Wildman–Crippen MR) is 97.6 cm³/mol. The molecule has 0 spiro atoms. The van der Waals surface area contributed by atoms with Crippen LogP contribution in [0.1, 0.15) is 41.7 Å². The second-order valence-corrected chi connectivity index (χ2v) is 6.95. The maximum Gasteiger partial charge on any atom is 0.225 e. The molecule has 3 heterocycles. The van der Waals surface area contributed by atoms with E-state index in [2.05, 4.69) is 17.1 Å². The molecule has 5 heteroatoms. The molecule has 4 rings (SSSR count). The third kappa shape index (κ3) is 3.37. The lowest BCUT2D eigenvalue weighted by molar-refractivity contribution is -0.136. The summed E-state index contributed by atoms with van der Waals surface area (Å²) in [6, 6.07) is 12.2. The van der Waals surface area contributed by atoms with Crippen molar-refractivity contribution in [3.05, 3.63) is 65.5 Å². The zero-order valence-electron chi connectivity index (χ0n) is 15.0. The molecule has 1 unspecified atom stereocenters. The van der Waals surface area contributed by atoms with E-state index in [0.29, 0.717) is 19.6 Å². The molecule has 1 aromatic carbocycles. The van der Waals surface area contributed by atoms with Crippen molar-refractivity contribution in [1.82, 2.24) is 9.88 Å². The molecule has 1 fully saturated rings. The molecule has 0 N–H and O–H groups in total. The van der Waals surface area contributed by atoms with Crippen molar-refractivity contribution in [1.29, 1.82) is 0 Å². The van der Waals surface area contributed by atoms with Crippen molar-refractivity contribution in [2.75, 3.05) is 20.3 Å². The van der Waals surface area contributed by atoms with Crippen molar-refractivity contribution < 1.29 is 14.3 Å². The van der Waals surface area contributed by atoms with E-state index in [-0.39, 0.29) is 24.2 Å². The standard InChI is InChI=1S/C21H24N2O3/c1-23(18-9-12-26-21(18)16-6-4-10-22-14-16)20(24)13-19-17-7-3-2-5-15(17)8-11-25-19/h2-7,10,14,18-19,21H,8-9,11-13H2,1H3/t18-,19?,21+/m0/s1. The average Bonchev–Trinajstić information content (AvgIpc) is 3.18. The molecule has 0 aliphatic carbocycles. The van der Waals surface area contributed by atoms with Gasteiger partial charge in [0.1, 0.15) is 6.10 Å². The number of benzene rings is 1. The predicted octanol–water partition coefficient (Wildman–Crippen LogP) is 3.07. The zero-order chi connectivity index (χ0) is 17.9. The van der Waals surface area contributed by atoms with Gasteiger partial charge in [0.25, 0.3) is 0 Å². The van der Waals surface area contributed by atoms with Crippen LogP contribution in [0, 0.1) is 0 Å². The van der Waals surface area contributed by atoms with E-state index in [1.807, 2.05) is 42.4 Å². The normalized spacial score (nSPS) is 24.9. The van der Waals surface area contributed by atoms with Crippen LogP contribution in [0.15, 0.2) is 48.8 Å². The van der Waals surface area contributed by atoms with Gasteiger partial charge in [-0.25, -0.2) is 0 Å². The number of carbonyl (C=O) groups excluding carboxylic acids is 1. The summed E-state index contributed by atoms with van der Waals surface area (Å²) in [7, 11) is 1.87. The lowest BCUT2D eigenvalue weighted by atomic mass is 9.95. The van der Waals surface area contributed by atoms with E-state index in [1.54, 1.807) is 6.20 Å². The number of carbonyl (C=O) groups is 1. The Morgan fingerprint density at radius 3 is 2.92 bits per heavy atom. The molecule has 1 saturated heterocycles. The van der Waals surface area contributed by atoms with E-state index in [9.17, 15) is 4.79 Å². The molecule has 0 bridgehead atoms. The highest BCUT2D eigenvalue weighted by Crippen LogP contribution is 2.34. The highest BCUT2D eigenvalue weighted by molar-refractivity contribution is 5.77. The maximum absolute atomic E-state index is 13.0. The number of aromatic nitrogens is 1. The topological polar surface area (TPSA) is 51.7 Å². The summed E-state index contributed by atoms with van der Waals surface area (Å²) < 4.78 is 11.8. The minimum Gasteiger partial charge on any atom is -0.373 e. The Morgan fingerprint density at radius 1 is 1.19 bits per heavy atom. The minimum atomic E-state index is -0.158. The molecule has 5 nitrogen and oxygen atoms in total. The number of amides is 1. The third-order valence-electron chi connectivity index (χ3n) is 5.42. The lowest BCUT2D eigenvalue weighted by Gasteiger charge is -2.31. The van der Waals surface area contributed by atoms with Gasteiger partial charge in [0, 0.05) is 31.6 Å². The summed E-state index contributed by atoms with van der Waals surface area (Å²) >= 11 is 0. The van der Waals surface area contributed by atoms with Gasteiger partial charge in [-0.05, 0) is 30.0 Å². The Kier molecular flexibility index (Phi) is 5.00. The molecule has 2 aliphatic rings. The number of hydrogen-bond acceptors (Lipinski definition) is 4. The molecule has 2 aliphatic heterocycles. The number of pyridine rings is 1. The van der Waals surface area contributed by atoms with Crippen LogP contribution in [0.25, 0.3) is 0 Å². The summed E-state index contributed by atoms with van der Waals surface area (Å²) in [5.41, 5.74) is 3.46. The van der Waals surface area contributed by atoms with Gasteiger partial charge in [-0.3, -0.25) is 9.78 Å². The Morgan fingerprint density at radius 2 is 2.08 bits per heavy atom. The van der Waals surface area contributed by atoms with Gasteiger partial charge >= 0.3 is 0 Å². The number of ether oxygens (including phenoxy) is 2. The van der Waals surface area contributed by atoms with Crippen molar-refractivity contribution in [3.8, 4) is 0 Å². The van der Waals surface area contributed by atoms with E-state index >= 15 is 0 Å². The van der Waals surface area contributed by atoms with Crippen LogP contribution in [-0.4, -0.2) is 42.1 Å². The SMILES string of the molecule is CN(C(=O)CC1OCCc2ccccc21)[C@H]1CCO[C@@H]1c1cccnc1. The molecule has 0 saturated carbocycles. The summed E-state index contributed by atoms with van der Waals surface area (Å²) in [6.45, 7) is 1.33. The van der Waals surface area contributed by atoms with Crippen molar-refractivity contribution >= 4 is 5.91 Å². The molecule has 136 valence electrons. The molecular formula is C21H24N2O3. The van der Waals surface area contributed by atoms with Crippen molar-refractivity contribution in [3.63, 3.8) is 0 Å². The first kappa shape index (κ1) is 17.2. The number of hydrogen-bond donors (Lipinski definition) is 0. The summed E-state index contributed by atoms with van der Waals surface area (Å²) in [6.07, 6.45) is 5.41. The van der Waals surface area contributed by atoms with Gasteiger partial charge < -0.3 is 14.4 Å². The molecule has 3 atom stereocenters. The van der Waals surface area contributed by atoms with Gasteiger partial charge in [0.15, 0.2) is 0 Å². The largest absolute Gasteiger partial charge is 0.373 e. The third-order valence-corrected chi connectivity index (χ3v) is 5.42. The molecule has 1 amide bonds. The van der Waals surface area contributed by atoms with Gasteiger partial charge in [-0.15, -0.1) is 0 Å². The lowest BCUT2D eigenvalue weighted by Crippen LogP contribution is -2.40. The number of rotatable bonds is 4.